The zero-order valence-electron chi connectivity index (χ0n) is 17.6. The van der Waals surface area contributed by atoms with Gasteiger partial charge in [-0.2, -0.15) is 11.8 Å². The Morgan fingerprint density at radius 1 is 1.24 bits per heavy atom. The van der Waals surface area contributed by atoms with Gasteiger partial charge < -0.3 is 20.7 Å². The van der Waals surface area contributed by atoms with Gasteiger partial charge in [-0.15, -0.1) is 0 Å². The predicted molar refractivity (Wildman–Crippen MR) is 120 cm³/mol. The molecule has 0 heterocycles. The highest BCUT2D eigenvalue weighted by Crippen LogP contribution is 2.33. The highest BCUT2D eigenvalue weighted by molar-refractivity contribution is 8.00. The van der Waals surface area contributed by atoms with Gasteiger partial charge in [-0.25, -0.2) is 4.79 Å². The SMILES string of the molecule is C=C(/C=C(\C=C/C)OC1CCCCCC1)CC(O)(C(=O)O)C(N)CSC1CCC1. The minimum absolute atomic E-state index is 0.121. The summed E-state index contributed by atoms with van der Waals surface area (Å²) in [6, 6.07) is -0.858. The number of aliphatic hydroxyl groups is 1. The van der Waals surface area contributed by atoms with Crippen molar-refractivity contribution in [3.8, 4) is 0 Å². The number of carboxylic acids is 1. The summed E-state index contributed by atoms with van der Waals surface area (Å²) in [5.41, 5.74) is 4.59. The molecule has 5 nitrogen and oxygen atoms in total. The molecule has 0 aliphatic heterocycles. The minimum atomic E-state index is -2.03. The second-order valence-corrected chi connectivity index (χ2v) is 9.67. The summed E-state index contributed by atoms with van der Waals surface area (Å²) in [4.78, 5) is 11.8. The lowest BCUT2D eigenvalue weighted by atomic mass is 9.88. The van der Waals surface area contributed by atoms with Crippen LogP contribution in [0.25, 0.3) is 0 Å². The van der Waals surface area contributed by atoms with Crippen LogP contribution in [0.4, 0.5) is 0 Å². The lowest BCUT2D eigenvalue weighted by Crippen LogP contribution is -2.55. The van der Waals surface area contributed by atoms with Crippen molar-refractivity contribution in [2.45, 2.75) is 94.1 Å². The summed E-state index contributed by atoms with van der Waals surface area (Å²) in [7, 11) is 0. The van der Waals surface area contributed by atoms with Gasteiger partial charge >= 0.3 is 5.97 Å². The Bertz CT molecular complexity index is 606. The Morgan fingerprint density at radius 3 is 2.41 bits per heavy atom. The monoisotopic (exact) mass is 423 g/mol. The number of allylic oxidation sites excluding steroid dienone is 3. The van der Waals surface area contributed by atoms with Gasteiger partial charge in [-0.05, 0) is 63.2 Å². The number of nitrogens with two attached hydrogens (primary N) is 1. The van der Waals surface area contributed by atoms with Crippen molar-refractivity contribution in [1.82, 2.24) is 0 Å². The molecule has 2 aliphatic carbocycles. The Kier molecular flexibility index (Phi) is 9.80. The number of ether oxygens (including phenoxy) is 1. The van der Waals surface area contributed by atoms with Gasteiger partial charge in [0.15, 0.2) is 5.60 Å². The average molecular weight is 424 g/mol. The van der Waals surface area contributed by atoms with E-state index in [2.05, 4.69) is 6.58 Å². The molecule has 0 amide bonds. The van der Waals surface area contributed by atoms with Crippen molar-refractivity contribution < 1.29 is 19.7 Å². The first-order chi connectivity index (χ1) is 13.8. The number of hydrogen-bond acceptors (Lipinski definition) is 5. The van der Waals surface area contributed by atoms with Crippen LogP contribution >= 0.6 is 11.8 Å². The molecule has 2 rings (SSSR count). The van der Waals surface area contributed by atoms with Crippen molar-refractivity contribution >= 4 is 17.7 Å². The first kappa shape index (κ1) is 24.0. The van der Waals surface area contributed by atoms with Crippen molar-refractivity contribution in [3.63, 3.8) is 0 Å². The molecule has 0 aromatic carbocycles. The molecule has 2 unspecified atom stereocenters. The largest absolute Gasteiger partial charge is 0.490 e. The van der Waals surface area contributed by atoms with Crippen LogP contribution in [0, 0.1) is 0 Å². The molecule has 164 valence electrons. The van der Waals surface area contributed by atoms with E-state index < -0.39 is 17.6 Å². The summed E-state index contributed by atoms with van der Waals surface area (Å²) in [6.45, 7) is 5.90. The van der Waals surface area contributed by atoms with Crippen molar-refractivity contribution in [1.29, 1.82) is 0 Å². The van der Waals surface area contributed by atoms with Gasteiger partial charge in [0.2, 0.25) is 0 Å². The minimum Gasteiger partial charge on any atom is -0.490 e. The Balaban J connectivity index is 2.01. The Morgan fingerprint density at radius 2 is 1.90 bits per heavy atom. The standard InChI is InChI=1S/C23H37NO4S/c1-3-9-19(28-18-10-6-4-5-7-11-18)14-17(2)15-23(27,22(25)26)21(24)16-29-20-12-8-13-20/h3,9,14,18,20-21,27H,2,4-8,10-13,15-16,24H2,1H3,(H,25,26)/b9-3-,19-14+. The maximum absolute atomic E-state index is 11.8. The summed E-state index contributed by atoms with van der Waals surface area (Å²) in [6.07, 6.45) is 15.9. The summed E-state index contributed by atoms with van der Waals surface area (Å²) in [5.74, 6) is -0.217. The van der Waals surface area contributed by atoms with E-state index in [9.17, 15) is 15.0 Å². The first-order valence-electron chi connectivity index (χ1n) is 10.9. The molecule has 0 spiro atoms. The van der Waals surface area contributed by atoms with Crippen LogP contribution in [0.5, 0.6) is 0 Å². The van der Waals surface area contributed by atoms with E-state index in [0.717, 1.165) is 25.7 Å². The van der Waals surface area contributed by atoms with Crippen LogP contribution in [-0.4, -0.2) is 44.9 Å². The molecule has 2 atom stereocenters. The molecule has 0 bridgehead atoms. The van der Waals surface area contributed by atoms with Crippen LogP contribution in [0.15, 0.2) is 36.1 Å². The fraction of sp³-hybridized carbons (Fsp3) is 0.696. The van der Waals surface area contributed by atoms with Gasteiger partial charge in [0.25, 0.3) is 0 Å². The number of carbonyl (C=O) groups is 1. The van der Waals surface area contributed by atoms with Crippen LogP contribution in [0.3, 0.4) is 0 Å². The van der Waals surface area contributed by atoms with E-state index in [4.69, 9.17) is 10.5 Å². The number of hydrogen-bond donors (Lipinski definition) is 3. The van der Waals surface area contributed by atoms with Crippen LogP contribution < -0.4 is 5.73 Å². The number of carboxylic acid groups (broad SMARTS) is 1. The highest BCUT2D eigenvalue weighted by atomic mass is 32.2. The van der Waals surface area contributed by atoms with E-state index in [-0.39, 0.29) is 12.5 Å². The van der Waals surface area contributed by atoms with E-state index in [1.807, 2.05) is 19.1 Å². The molecular formula is C23H37NO4S. The van der Waals surface area contributed by atoms with E-state index in [1.54, 1.807) is 17.8 Å². The first-order valence-corrected chi connectivity index (χ1v) is 11.9. The van der Waals surface area contributed by atoms with Crippen molar-refractivity contribution in [3.05, 3.63) is 36.1 Å². The number of thioether (sulfide) groups is 1. The van der Waals surface area contributed by atoms with E-state index >= 15 is 0 Å². The van der Waals surface area contributed by atoms with Gasteiger partial charge in [0.1, 0.15) is 5.76 Å². The van der Waals surface area contributed by atoms with Crippen molar-refractivity contribution in [2.75, 3.05) is 5.75 Å². The molecule has 6 heteroatoms. The lowest BCUT2D eigenvalue weighted by Gasteiger charge is -2.32. The van der Waals surface area contributed by atoms with E-state index in [0.29, 0.717) is 22.3 Å². The third-order valence-corrected chi connectivity index (χ3v) is 7.32. The third kappa shape index (κ3) is 7.50. The quantitative estimate of drug-likeness (QED) is 0.256. The number of rotatable bonds is 11. The van der Waals surface area contributed by atoms with Crippen LogP contribution in [0.1, 0.15) is 71.1 Å². The molecule has 29 heavy (non-hydrogen) atoms. The predicted octanol–water partition coefficient (Wildman–Crippen LogP) is 4.56. The normalized spacial score (nSPS) is 22.5. The average Bonchev–Trinajstić information content (AvgIpc) is 2.88. The summed E-state index contributed by atoms with van der Waals surface area (Å²) >= 11 is 1.66. The molecule has 0 radical (unpaired) electrons. The number of aliphatic carboxylic acids is 1. The third-order valence-electron chi connectivity index (χ3n) is 5.83. The molecule has 2 fully saturated rings. The maximum atomic E-state index is 11.8. The molecular weight excluding hydrogens is 386 g/mol. The van der Waals surface area contributed by atoms with Crippen molar-refractivity contribution in [2.24, 2.45) is 5.73 Å². The summed E-state index contributed by atoms with van der Waals surface area (Å²) in [5, 5.41) is 21.1. The molecule has 0 saturated heterocycles. The lowest BCUT2D eigenvalue weighted by molar-refractivity contribution is -0.160. The smallest absolute Gasteiger partial charge is 0.337 e. The fourth-order valence-corrected chi connectivity index (χ4v) is 5.14. The second kappa shape index (κ2) is 11.8. The van der Waals surface area contributed by atoms with E-state index in [1.165, 1.54) is 32.1 Å². The highest BCUT2D eigenvalue weighted by Gasteiger charge is 2.43. The Hall–Kier alpha value is -1.24. The van der Waals surface area contributed by atoms with Crippen LogP contribution in [0.2, 0.25) is 0 Å². The van der Waals surface area contributed by atoms with Gasteiger partial charge in [0, 0.05) is 17.4 Å². The Labute approximate surface area is 179 Å². The molecule has 0 aromatic rings. The molecule has 4 N–H and O–H groups in total. The zero-order valence-corrected chi connectivity index (χ0v) is 18.5. The second-order valence-electron chi connectivity index (χ2n) is 8.34. The molecule has 0 aromatic heterocycles. The van der Waals surface area contributed by atoms with Gasteiger partial charge in [-0.1, -0.05) is 31.9 Å². The fourth-order valence-electron chi connectivity index (χ4n) is 3.72. The topological polar surface area (TPSA) is 92.8 Å². The van der Waals surface area contributed by atoms with Crippen LogP contribution in [-0.2, 0) is 9.53 Å². The van der Waals surface area contributed by atoms with Gasteiger partial charge in [0.05, 0.1) is 12.1 Å². The summed E-state index contributed by atoms with van der Waals surface area (Å²) < 4.78 is 6.17. The molecule has 2 saturated carbocycles. The zero-order chi connectivity index (χ0) is 21.3. The molecule has 2 aliphatic rings. The maximum Gasteiger partial charge on any atom is 0.337 e. The van der Waals surface area contributed by atoms with Gasteiger partial charge in [-0.3, -0.25) is 0 Å².